The van der Waals surface area contributed by atoms with Crippen molar-refractivity contribution in [3.8, 4) is 0 Å². The van der Waals surface area contributed by atoms with Gasteiger partial charge in [0.2, 0.25) is 0 Å². The summed E-state index contributed by atoms with van der Waals surface area (Å²) in [5, 5.41) is 22.2. The molecule has 1 aliphatic carbocycles. The van der Waals surface area contributed by atoms with Crippen LogP contribution in [0.25, 0.3) is 0 Å². The number of ether oxygens (including phenoxy) is 2. The maximum atomic E-state index is 12.1. The number of ketones is 1. The first-order chi connectivity index (χ1) is 13.0. The highest BCUT2D eigenvalue weighted by atomic mass is 32.1. The molecule has 1 saturated carbocycles. The molecule has 0 amide bonds. The number of esters is 1. The number of carbonyl (C=O) groups excluding carboxylic acids is 2. The van der Waals surface area contributed by atoms with Crippen LogP contribution in [0.15, 0.2) is 29.7 Å². The lowest BCUT2D eigenvalue weighted by Crippen LogP contribution is -2.33. The minimum Gasteiger partial charge on any atom is -0.469 e. The molecular formula is C20H28O6S. The minimum atomic E-state index is -0.829. The highest BCUT2D eigenvalue weighted by Gasteiger charge is 2.41. The molecule has 7 heteroatoms. The van der Waals surface area contributed by atoms with Gasteiger partial charge in [-0.05, 0) is 30.7 Å². The molecule has 1 unspecified atom stereocenters. The van der Waals surface area contributed by atoms with Crippen molar-refractivity contribution in [1.82, 2.24) is 0 Å². The van der Waals surface area contributed by atoms with Gasteiger partial charge in [0.25, 0.3) is 0 Å². The third kappa shape index (κ3) is 7.18. The molecular weight excluding hydrogens is 368 g/mol. The number of hydrogen-bond donors (Lipinski definition) is 2. The topological polar surface area (TPSA) is 93.1 Å². The standard InChI is InChI=1S/C20H28O6S/c1-25-19(24)9-5-3-2-4-8-16-17(22)12-18(23)20(16)26-13-14(21)11-15-7-6-10-27-15/h2,4,6-7,10,14,16,18,20-21,23H,3,5,8-9,11-13H2,1H3/b4-2-/t14?,16-,18+,20+/m0/s1. The molecule has 4 atom stereocenters. The molecule has 0 saturated heterocycles. The minimum absolute atomic E-state index is 0.0144. The molecule has 2 rings (SSSR count). The zero-order valence-corrected chi connectivity index (χ0v) is 16.4. The predicted octanol–water partition coefficient (Wildman–Crippen LogP) is 2.28. The van der Waals surface area contributed by atoms with Crippen LogP contribution >= 0.6 is 11.3 Å². The number of hydrogen-bond acceptors (Lipinski definition) is 7. The number of rotatable bonds is 11. The Morgan fingerprint density at radius 1 is 1.44 bits per heavy atom. The number of allylic oxidation sites excluding steroid dienone is 2. The van der Waals surface area contributed by atoms with E-state index in [9.17, 15) is 19.8 Å². The lowest BCUT2D eigenvalue weighted by molar-refractivity contribution is -0.140. The number of thiophene rings is 1. The lowest BCUT2D eigenvalue weighted by Gasteiger charge is -2.22. The van der Waals surface area contributed by atoms with Crippen LogP contribution < -0.4 is 0 Å². The van der Waals surface area contributed by atoms with E-state index in [1.165, 1.54) is 7.11 Å². The van der Waals surface area contributed by atoms with Gasteiger partial charge in [0.1, 0.15) is 5.78 Å². The van der Waals surface area contributed by atoms with E-state index in [1.54, 1.807) is 11.3 Å². The fourth-order valence-corrected chi connectivity index (χ4v) is 3.96. The summed E-state index contributed by atoms with van der Waals surface area (Å²) in [5.74, 6) is -0.641. The second-order valence-corrected chi connectivity index (χ2v) is 7.79. The van der Waals surface area contributed by atoms with Gasteiger partial charge in [0, 0.05) is 30.1 Å². The average molecular weight is 397 g/mol. The van der Waals surface area contributed by atoms with E-state index < -0.39 is 24.2 Å². The Hall–Kier alpha value is -1.54. The summed E-state index contributed by atoms with van der Waals surface area (Å²) in [7, 11) is 1.37. The third-order valence-corrected chi connectivity index (χ3v) is 5.53. The Balaban J connectivity index is 1.76. The van der Waals surface area contributed by atoms with E-state index in [0.717, 1.165) is 11.3 Å². The van der Waals surface area contributed by atoms with Crippen molar-refractivity contribution < 1.29 is 29.3 Å². The SMILES string of the molecule is COC(=O)CCC/C=C\C[C@H]1C(=O)C[C@@H](O)[C@@H]1OCC(O)Cc1cccs1. The molecule has 6 nitrogen and oxygen atoms in total. The first-order valence-electron chi connectivity index (χ1n) is 9.26. The van der Waals surface area contributed by atoms with E-state index in [4.69, 9.17) is 4.74 Å². The molecule has 0 bridgehead atoms. The molecule has 1 aliphatic rings. The van der Waals surface area contributed by atoms with Gasteiger partial charge in [0.05, 0.1) is 32.0 Å². The van der Waals surface area contributed by atoms with Crippen molar-refractivity contribution in [2.75, 3.05) is 13.7 Å². The lowest BCUT2D eigenvalue weighted by atomic mass is 9.99. The summed E-state index contributed by atoms with van der Waals surface area (Å²) in [4.78, 5) is 24.3. The second kappa shape index (κ2) is 11.3. The molecule has 2 N–H and O–H groups in total. The maximum Gasteiger partial charge on any atom is 0.305 e. The van der Waals surface area contributed by atoms with Crippen LogP contribution in [0.2, 0.25) is 0 Å². The number of unbranched alkanes of at least 4 members (excludes halogenated alkanes) is 1. The normalized spacial score (nSPS) is 23.8. The quantitative estimate of drug-likeness (QED) is 0.339. The van der Waals surface area contributed by atoms with Gasteiger partial charge in [-0.15, -0.1) is 11.3 Å². The summed E-state index contributed by atoms with van der Waals surface area (Å²) in [6.45, 7) is 0.0895. The summed E-state index contributed by atoms with van der Waals surface area (Å²) in [6, 6.07) is 3.89. The van der Waals surface area contributed by atoms with E-state index in [1.807, 2.05) is 29.7 Å². The molecule has 0 aliphatic heterocycles. The summed E-state index contributed by atoms with van der Waals surface area (Å²) >= 11 is 1.57. The van der Waals surface area contributed by atoms with Crippen LogP contribution in [-0.2, 0) is 25.5 Å². The molecule has 1 aromatic rings. The van der Waals surface area contributed by atoms with Crippen LogP contribution in [0.3, 0.4) is 0 Å². The van der Waals surface area contributed by atoms with Crippen molar-refractivity contribution in [2.24, 2.45) is 5.92 Å². The van der Waals surface area contributed by atoms with E-state index in [-0.39, 0.29) is 24.8 Å². The monoisotopic (exact) mass is 396 g/mol. The Labute approximate surface area is 163 Å². The zero-order valence-electron chi connectivity index (χ0n) is 15.6. The van der Waals surface area contributed by atoms with Crippen LogP contribution in [0, 0.1) is 5.92 Å². The molecule has 27 heavy (non-hydrogen) atoms. The fraction of sp³-hybridized carbons (Fsp3) is 0.600. The van der Waals surface area contributed by atoms with Gasteiger partial charge in [-0.3, -0.25) is 9.59 Å². The Kier molecular flexibility index (Phi) is 9.14. The summed E-state index contributed by atoms with van der Waals surface area (Å²) in [5.41, 5.74) is 0. The van der Waals surface area contributed by atoms with Gasteiger partial charge in [0.15, 0.2) is 0 Å². The Morgan fingerprint density at radius 3 is 2.96 bits per heavy atom. The highest BCUT2D eigenvalue weighted by Crippen LogP contribution is 2.29. The van der Waals surface area contributed by atoms with Gasteiger partial charge in [-0.1, -0.05) is 18.2 Å². The average Bonchev–Trinajstić information content (AvgIpc) is 3.23. The first kappa shape index (κ1) is 21.8. The number of aliphatic hydroxyl groups excluding tert-OH is 2. The highest BCUT2D eigenvalue weighted by molar-refractivity contribution is 7.09. The van der Waals surface area contributed by atoms with Crippen molar-refractivity contribution in [3.63, 3.8) is 0 Å². The van der Waals surface area contributed by atoms with Crippen LogP contribution in [0.4, 0.5) is 0 Å². The van der Waals surface area contributed by atoms with Crippen LogP contribution in [0.5, 0.6) is 0 Å². The Bertz CT molecular complexity index is 612. The van der Waals surface area contributed by atoms with Crippen molar-refractivity contribution in [2.45, 2.75) is 56.8 Å². The van der Waals surface area contributed by atoms with E-state index >= 15 is 0 Å². The number of carbonyl (C=O) groups is 2. The van der Waals surface area contributed by atoms with Crippen molar-refractivity contribution in [1.29, 1.82) is 0 Å². The molecule has 0 radical (unpaired) electrons. The maximum absolute atomic E-state index is 12.1. The smallest absolute Gasteiger partial charge is 0.305 e. The largest absolute Gasteiger partial charge is 0.469 e. The van der Waals surface area contributed by atoms with Crippen LogP contribution in [0.1, 0.15) is 37.0 Å². The van der Waals surface area contributed by atoms with Crippen molar-refractivity contribution in [3.05, 3.63) is 34.5 Å². The van der Waals surface area contributed by atoms with Gasteiger partial charge < -0.3 is 19.7 Å². The molecule has 1 heterocycles. The van der Waals surface area contributed by atoms with Gasteiger partial charge in [-0.2, -0.15) is 0 Å². The second-order valence-electron chi connectivity index (χ2n) is 6.76. The van der Waals surface area contributed by atoms with Crippen molar-refractivity contribution >= 4 is 23.1 Å². The molecule has 0 spiro atoms. The summed E-state index contributed by atoms with van der Waals surface area (Å²) in [6.07, 6.45) is 4.62. The van der Waals surface area contributed by atoms with Gasteiger partial charge >= 0.3 is 5.97 Å². The molecule has 1 aromatic heterocycles. The zero-order chi connectivity index (χ0) is 19.6. The summed E-state index contributed by atoms with van der Waals surface area (Å²) < 4.78 is 10.3. The van der Waals surface area contributed by atoms with E-state index in [2.05, 4.69) is 4.74 Å². The third-order valence-electron chi connectivity index (χ3n) is 4.63. The number of Topliss-reactive ketones (excluding diaryl/α,β-unsaturated/α-hetero) is 1. The first-order valence-corrected chi connectivity index (χ1v) is 10.1. The van der Waals surface area contributed by atoms with Crippen LogP contribution in [-0.4, -0.2) is 54.0 Å². The van der Waals surface area contributed by atoms with Gasteiger partial charge in [-0.25, -0.2) is 0 Å². The molecule has 150 valence electrons. The Morgan fingerprint density at radius 2 is 2.26 bits per heavy atom. The van der Waals surface area contributed by atoms with E-state index in [0.29, 0.717) is 25.7 Å². The molecule has 0 aromatic carbocycles. The predicted molar refractivity (Wildman–Crippen MR) is 103 cm³/mol. The molecule has 1 fully saturated rings. The number of methoxy groups -OCH3 is 1. The fourth-order valence-electron chi connectivity index (χ4n) is 3.19. The number of aliphatic hydroxyl groups is 2.